The fraction of sp³-hybridized carbons (Fsp3) is 0.529. The summed E-state index contributed by atoms with van der Waals surface area (Å²) in [6.45, 7) is 6.32. The van der Waals surface area contributed by atoms with E-state index in [-0.39, 0.29) is 17.9 Å². The number of likely N-dealkylation sites (tertiary alicyclic amines) is 1. The number of carbonyl (C=O) groups is 2. The lowest BCUT2D eigenvalue weighted by Crippen LogP contribution is -2.36. The highest BCUT2D eigenvalue weighted by molar-refractivity contribution is 6.32. The predicted octanol–water partition coefficient (Wildman–Crippen LogP) is 3.54. The summed E-state index contributed by atoms with van der Waals surface area (Å²) in [5.74, 6) is 0.146. The van der Waals surface area contributed by atoms with Crippen LogP contribution in [-0.2, 0) is 9.53 Å². The second kappa shape index (κ2) is 7.30. The lowest BCUT2D eigenvalue weighted by Gasteiger charge is -2.24. The molecule has 6 nitrogen and oxygen atoms in total. The van der Waals surface area contributed by atoms with Crippen molar-refractivity contribution in [1.29, 1.82) is 0 Å². The van der Waals surface area contributed by atoms with E-state index in [0.29, 0.717) is 36.0 Å². The number of amides is 2. The summed E-state index contributed by atoms with van der Waals surface area (Å²) < 4.78 is 10.4. The van der Waals surface area contributed by atoms with Crippen LogP contribution in [0.2, 0.25) is 5.02 Å². The van der Waals surface area contributed by atoms with Crippen LogP contribution in [0.15, 0.2) is 18.2 Å². The predicted molar refractivity (Wildman–Crippen MR) is 92.5 cm³/mol. The number of benzene rings is 1. The van der Waals surface area contributed by atoms with Crippen molar-refractivity contribution in [2.75, 3.05) is 25.5 Å². The molecule has 2 rings (SSSR count). The summed E-state index contributed by atoms with van der Waals surface area (Å²) in [5.41, 5.74) is 0.0543. The van der Waals surface area contributed by atoms with Crippen molar-refractivity contribution < 1.29 is 19.1 Å². The van der Waals surface area contributed by atoms with Gasteiger partial charge < -0.3 is 19.7 Å². The summed E-state index contributed by atoms with van der Waals surface area (Å²) in [7, 11) is 1.53. The fourth-order valence-corrected chi connectivity index (χ4v) is 2.71. The molecule has 24 heavy (non-hydrogen) atoms. The van der Waals surface area contributed by atoms with Crippen molar-refractivity contribution in [1.82, 2.24) is 4.90 Å². The molecule has 1 fully saturated rings. The lowest BCUT2D eigenvalue weighted by atomic mass is 10.1. The maximum absolute atomic E-state index is 12.4. The van der Waals surface area contributed by atoms with Gasteiger partial charge in [-0.2, -0.15) is 0 Å². The highest BCUT2D eigenvalue weighted by Gasteiger charge is 2.33. The summed E-state index contributed by atoms with van der Waals surface area (Å²) in [4.78, 5) is 26.0. The minimum atomic E-state index is -0.544. The van der Waals surface area contributed by atoms with E-state index in [1.807, 2.05) is 20.8 Å². The van der Waals surface area contributed by atoms with Gasteiger partial charge in [0.05, 0.1) is 18.1 Å². The summed E-state index contributed by atoms with van der Waals surface area (Å²) in [6.07, 6.45) is 0.222. The van der Waals surface area contributed by atoms with Crippen molar-refractivity contribution in [3.05, 3.63) is 23.2 Å². The first kappa shape index (κ1) is 18.4. The topological polar surface area (TPSA) is 67.9 Å². The molecule has 7 heteroatoms. The number of hydrogen-bond acceptors (Lipinski definition) is 4. The van der Waals surface area contributed by atoms with Gasteiger partial charge in [0.2, 0.25) is 5.91 Å². The molecule has 1 saturated heterocycles. The smallest absolute Gasteiger partial charge is 0.410 e. The van der Waals surface area contributed by atoms with Gasteiger partial charge in [0.25, 0.3) is 0 Å². The van der Waals surface area contributed by atoms with Crippen LogP contribution in [0.5, 0.6) is 5.75 Å². The van der Waals surface area contributed by atoms with E-state index >= 15 is 0 Å². The zero-order chi connectivity index (χ0) is 17.9. The van der Waals surface area contributed by atoms with Crippen molar-refractivity contribution >= 4 is 29.3 Å². The molecule has 1 N–H and O–H groups in total. The molecule has 2 amide bonds. The van der Waals surface area contributed by atoms with Gasteiger partial charge in [-0.1, -0.05) is 11.6 Å². The molecule has 0 aliphatic carbocycles. The van der Waals surface area contributed by atoms with E-state index in [0.717, 1.165) is 0 Å². The second-order valence-corrected chi connectivity index (χ2v) is 7.16. The summed E-state index contributed by atoms with van der Waals surface area (Å²) in [6, 6.07) is 5.06. The fourth-order valence-electron chi connectivity index (χ4n) is 2.46. The van der Waals surface area contributed by atoms with Crippen LogP contribution >= 0.6 is 11.6 Å². The van der Waals surface area contributed by atoms with Crippen LogP contribution in [0.3, 0.4) is 0 Å². The van der Waals surface area contributed by atoms with Crippen LogP contribution in [0, 0.1) is 5.92 Å². The van der Waals surface area contributed by atoms with E-state index < -0.39 is 5.60 Å². The highest BCUT2D eigenvalue weighted by atomic mass is 35.5. The first-order chi connectivity index (χ1) is 11.2. The van der Waals surface area contributed by atoms with Crippen molar-refractivity contribution in [3.8, 4) is 5.75 Å². The first-order valence-corrected chi connectivity index (χ1v) is 8.20. The van der Waals surface area contributed by atoms with Crippen LogP contribution in [0.1, 0.15) is 27.2 Å². The van der Waals surface area contributed by atoms with Gasteiger partial charge in [0.15, 0.2) is 0 Å². The standard InChI is InChI=1S/C17H23ClN2O4/c1-17(2,3)24-16(22)20-8-7-11(10-20)15(21)19-12-5-6-14(23-4)13(18)9-12/h5-6,9,11H,7-8,10H2,1-4H3,(H,19,21). The zero-order valence-electron chi connectivity index (χ0n) is 14.4. The number of nitrogens with one attached hydrogen (secondary N) is 1. The normalized spacial score (nSPS) is 17.5. The Balaban J connectivity index is 1.92. The Morgan fingerprint density at radius 2 is 2.04 bits per heavy atom. The molecule has 1 heterocycles. The van der Waals surface area contributed by atoms with Gasteiger partial charge in [-0.05, 0) is 45.4 Å². The van der Waals surface area contributed by atoms with E-state index in [1.54, 1.807) is 23.1 Å². The minimum absolute atomic E-state index is 0.137. The van der Waals surface area contributed by atoms with Crippen LogP contribution in [-0.4, -0.2) is 42.7 Å². The average molecular weight is 355 g/mol. The number of methoxy groups -OCH3 is 1. The third kappa shape index (κ3) is 4.77. The molecule has 0 aromatic heterocycles. The largest absolute Gasteiger partial charge is 0.495 e. The molecule has 1 aliphatic rings. The van der Waals surface area contributed by atoms with Crippen LogP contribution < -0.4 is 10.1 Å². The Morgan fingerprint density at radius 3 is 2.62 bits per heavy atom. The van der Waals surface area contributed by atoms with Gasteiger partial charge in [-0.3, -0.25) is 4.79 Å². The van der Waals surface area contributed by atoms with Crippen molar-refractivity contribution in [2.45, 2.75) is 32.8 Å². The van der Waals surface area contributed by atoms with Crippen molar-refractivity contribution in [3.63, 3.8) is 0 Å². The molecule has 1 unspecified atom stereocenters. The molecule has 1 aliphatic heterocycles. The van der Waals surface area contributed by atoms with Crippen molar-refractivity contribution in [2.24, 2.45) is 5.92 Å². The van der Waals surface area contributed by atoms with E-state index in [4.69, 9.17) is 21.1 Å². The van der Waals surface area contributed by atoms with E-state index in [2.05, 4.69) is 5.32 Å². The average Bonchev–Trinajstić information content (AvgIpc) is 2.95. The quantitative estimate of drug-likeness (QED) is 0.901. The molecule has 0 saturated carbocycles. The number of hydrogen-bond donors (Lipinski definition) is 1. The van der Waals surface area contributed by atoms with E-state index in [9.17, 15) is 9.59 Å². The Morgan fingerprint density at radius 1 is 1.33 bits per heavy atom. The maximum Gasteiger partial charge on any atom is 0.410 e. The monoisotopic (exact) mass is 354 g/mol. The Hall–Kier alpha value is -1.95. The number of ether oxygens (including phenoxy) is 2. The van der Waals surface area contributed by atoms with Crippen LogP contribution in [0.25, 0.3) is 0 Å². The third-order valence-corrected chi connectivity index (χ3v) is 3.93. The molecule has 0 bridgehead atoms. The molecular weight excluding hydrogens is 332 g/mol. The number of anilines is 1. The minimum Gasteiger partial charge on any atom is -0.495 e. The first-order valence-electron chi connectivity index (χ1n) is 7.82. The van der Waals surface area contributed by atoms with Gasteiger partial charge in [0, 0.05) is 18.8 Å². The molecule has 132 valence electrons. The SMILES string of the molecule is COc1ccc(NC(=O)C2CCN(C(=O)OC(C)(C)C)C2)cc1Cl. The van der Waals surface area contributed by atoms with Gasteiger partial charge in [-0.15, -0.1) is 0 Å². The maximum atomic E-state index is 12.4. The van der Waals surface area contributed by atoms with Gasteiger partial charge in [0.1, 0.15) is 11.4 Å². The molecule has 1 atom stereocenters. The summed E-state index contributed by atoms with van der Waals surface area (Å²) >= 11 is 6.05. The highest BCUT2D eigenvalue weighted by Crippen LogP contribution is 2.28. The summed E-state index contributed by atoms with van der Waals surface area (Å²) in [5, 5.41) is 3.25. The van der Waals surface area contributed by atoms with Gasteiger partial charge >= 0.3 is 6.09 Å². The number of carbonyl (C=O) groups excluding carboxylic acids is 2. The Kier molecular flexibility index (Phi) is 5.59. The number of rotatable bonds is 3. The Bertz CT molecular complexity index is 628. The molecular formula is C17H23ClN2O4. The third-order valence-electron chi connectivity index (χ3n) is 3.63. The van der Waals surface area contributed by atoms with Gasteiger partial charge in [-0.25, -0.2) is 4.79 Å². The molecule has 1 aromatic carbocycles. The van der Waals surface area contributed by atoms with E-state index in [1.165, 1.54) is 7.11 Å². The lowest BCUT2D eigenvalue weighted by molar-refractivity contribution is -0.119. The van der Waals surface area contributed by atoms with Crippen LogP contribution in [0.4, 0.5) is 10.5 Å². The molecule has 0 radical (unpaired) electrons. The zero-order valence-corrected chi connectivity index (χ0v) is 15.1. The number of nitrogens with zero attached hydrogens (tertiary/aromatic N) is 1. The second-order valence-electron chi connectivity index (χ2n) is 6.75. The number of halogens is 1. The Labute approximate surface area is 147 Å². The molecule has 1 aromatic rings. The molecule has 0 spiro atoms.